The van der Waals surface area contributed by atoms with Crippen LogP contribution in [0.1, 0.15) is 46.0 Å². The molecule has 0 aromatic heterocycles. The highest BCUT2D eigenvalue weighted by Crippen LogP contribution is 2.12. The van der Waals surface area contributed by atoms with Crippen molar-refractivity contribution in [3.05, 3.63) is 0 Å². The van der Waals surface area contributed by atoms with Gasteiger partial charge in [0.25, 0.3) is 0 Å². The fraction of sp³-hybridized carbons (Fsp3) is 0.923. The van der Waals surface area contributed by atoms with Gasteiger partial charge in [0.15, 0.2) is 0 Å². The molecule has 0 fully saturated rings. The number of carbonyl (C=O) groups is 1. The highest BCUT2D eigenvalue weighted by Gasteiger charge is 2.19. The number of alkyl halides is 1. The average Bonchev–Trinajstić information content (AvgIpc) is 2.34. The van der Waals surface area contributed by atoms with Gasteiger partial charge >= 0.3 is 0 Å². The van der Waals surface area contributed by atoms with E-state index in [4.69, 9.17) is 4.74 Å². The molecule has 102 valence electrons. The Hall–Kier alpha value is -0.0900. The van der Waals surface area contributed by atoms with Crippen molar-refractivity contribution in [1.29, 1.82) is 0 Å². The second kappa shape index (κ2) is 11.0. The third-order valence-electron chi connectivity index (χ3n) is 3.01. The molecule has 0 atom stereocenters. The number of unbranched alkanes of at least 4 members (excludes halogenated alkanes) is 1. The normalized spacial score (nSPS) is 10.9. The van der Waals surface area contributed by atoms with Crippen LogP contribution >= 0.6 is 15.9 Å². The van der Waals surface area contributed by atoms with Gasteiger partial charge in [-0.05, 0) is 25.7 Å². The highest BCUT2D eigenvalue weighted by atomic mass is 79.9. The minimum Gasteiger partial charge on any atom is -0.383 e. The Labute approximate surface area is 114 Å². The largest absolute Gasteiger partial charge is 0.383 e. The molecule has 17 heavy (non-hydrogen) atoms. The first-order valence-electron chi connectivity index (χ1n) is 6.55. The molecule has 0 heterocycles. The number of carbonyl (C=O) groups excluding carboxylic acids is 1. The lowest BCUT2D eigenvalue weighted by Gasteiger charge is -2.30. The van der Waals surface area contributed by atoms with E-state index in [-0.39, 0.29) is 5.91 Å². The van der Waals surface area contributed by atoms with Crippen LogP contribution in [0.25, 0.3) is 0 Å². The molecular weight excluding hydrogens is 282 g/mol. The Bertz CT molecular complexity index is 196. The van der Waals surface area contributed by atoms with Crippen molar-refractivity contribution in [1.82, 2.24) is 4.90 Å². The van der Waals surface area contributed by atoms with E-state index in [0.717, 1.165) is 37.6 Å². The Kier molecular flexibility index (Phi) is 11.0. The van der Waals surface area contributed by atoms with Crippen LogP contribution in [0.5, 0.6) is 0 Å². The first-order valence-corrected chi connectivity index (χ1v) is 7.67. The molecule has 0 rings (SSSR count). The molecule has 3 nitrogen and oxygen atoms in total. The third kappa shape index (κ3) is 7.04. The number of hydrogen-bond acceptors (Lipinski definition) is 2. The Balaban J connectivity index is 4.27. The number of ether oxygens (including phenoxy) is 1. The summed E-state index contributed by atoms with van der Waals surface area (Å²) in [6.07, 6.45) is 4.72. The van der Waals surface area contributed by atoms with Crippen molar-refractivity contribution in [2.45, 2.75) is 52.0 Å². The molecule has 0 spiro atoms. The van der Waals surface area contributed by atoms with Gasteiger partial charge in [0.1, 0.15) is 0 Å². The lowest BCUT2D eigenvalue weighted by atomic mass is 10.1. The standard InChI is InChI=1S/C13H26BrNO2/c1-4-12(5-2)15(10-11-17-3)13(16)8-6-7-9-14/h12H,4-11H2,1-3H3. The number of rotatable bonds is 10. The van der Waals surface area contributed by atoms with E-state index in [9.17, 15) is 4.79 Å². The van der Waals surface area contributed by atoms with Crippen molar-refractivity contribution in [3.8, 4) is 0 Å². The first-order chi connectivity index (χ1) is 8.21. The lowest BCUT2D eigenvalue weighted by Crippen LogP contribution is -2.41. The van der Waals surface area contributed by atoms with Gasteiger partial charge in [0.2, 0.25) is 5.91 Å². The van der Waals surface area contributed by atoms with Crippen LogP contribution in [-0.4, -0.2) is 42.4 Å². The molecule has 0 aromatic rings. The number of amides is 1. The molecule has 0 aromatic carbocycles. The predicted octanol–water partition coefficient (Wildman–Crippen LogP) is 3.22. The smallest absolute Gasteiger partial charge is 0.222 e. The van der Waals surface area contributed by atoms with Crippen molar-refractivity contribution in [2.24, 2.45) is 0 Å². The SMILES string of the molecule is CCC(CC)N(CCOC)C(=O)CCCCBr. The summed E-state index contributed by atoms with van der Waals surface area (Å²) in [5.74, 6) is 0.275. The monoisotopic (exact) mass is 307 g/mol. The molecular formula is C13H26BrNO2. The molecule has 0 radical (unpaired) electrons. The fourth-order valence-corrected chi connectivity index (χ4v) is 2.34. The summed E-state index contributed by atoms with van der Waals surface area (Å²) in [5, 5.41) is 0.976. The maximum atomic E-state index is 12.1. The fourth-order valence-electron chi connectivity index (χ4n) is 1.94. The molecule has 0 saturated carbocycles. The average molecular weight is 308 g/mol. The van der Waals surface area contributed by atoms with Gasteiger partial charge in [-0.2, -0.15) is 0 Å². The number of methoxy groups -OCH3 is 1. The molecule has 0 unspecified atom stereocenters. The summed E-state index contributed by atoms with van der Waals surface area (Å²) in [6, 6.07) is 0.363. The van der Waals surface area contributed by atoms with Crippen molar-refractivity contribution in [3.63, 3.8) is 0 Å². The summed E-state index contributed by atoms with van der Waals surface area (Å²) in [7, 11) is 1.68. The second-order valence-corrected chi connectivity index (χ2v) is 4.99. The highest BCUT2D eigenvalue weighted by molar-refractivity contribution is 9.09. The van der Waals surface area contributed by atoms with E-state index in [2.05, 4.69) is 29.8 Å². The first kappa shape index (κ1) is 16.9. The number of hydrogen-bond donors (Lipinski definition) is 0. The summed E-state index contributed by atoms with van der Waals surface area (Å²) in [6.45, 7) is 5.62. The van der Waals surface area contributed by atoms with Crippen molar-refractivity contribution >= 4 is 21.8 Å². The molecule has 0 bridgehead atoms. The van der Waals surface area contributed by atoms with E-state index in [1.165, 1.54) is 0 Å². The quantitative estimate of drug-likeness (QED) is 0.458. The summed E-state index contributed by atoms with van der Waals surface area (Å²) in [4.78, 5) is 14.1. The van der Waals surface area contributed by atoms with Crippen LogP contribution in [0.2, 0.25) is 0 Å². The Morgan fingerprint density at radius 2 is 1.94 bits per heavy atom. The number of nitrogens with zero attached hydrogens (tertiary/aromatic N) is 1. The van der Waals surface area contributed by atoms with Gasteiger partial charge in [0, 0.05) is 31.4 Å². The van der Waals surface area contributed by atoms with Crippen molar-refractivity contribution in [2.75, 3.05) is 25.6 Å². The molecule has 0 aliphatic carbocycles. The van der Waals surface area contributed by atoms with E-state index >= 15 is 0 Å². The minimum atomic E-state index is 0.275. The zero-order chi connectivity index (χ0) is 13.1. The zero-order valence-electron chi connectivity index (χ0n) is 11.4. The third-order valence-corrected chi connectivity index (χ3v) is 3.57. The molecule has 4 heteroatoms. The van der Waals surface area contributed by atoms with Crippen LogP contribution < -0.4 is 0 Å². The van der Waals surface area contributed by atoms with E-state index < -0.39 is 0 Å². The summed E-state index contributed by atoms with van der Waals surface area (Å²) < 4.78 is 5.09. The maximum absolute atomic E-state index is 12.1. The van der Waals surface area contributed by atoms with Crippen molar-refractivity contribution < 1.29 is 9.53 Å². The summed E-state index contributed by atoms with van der Waals surface area (Å²) >= 11 is 3.39. The van der Waals surface area contributed by atoms with Gasteiger partial charge < -0.3 is 9.64 Å². The van der Waals surface area contributed by atoms with E-state index in [0.29, 0.717) is 19.1 Å². The zero-order valence-corrected chi connectivity index (χ0v) is 13.0. The van der Waals surface area contributed by atoms with Gasteiger partial charge in [-0.3, -0.25) is 4.79 Å². The maximum Gasteiger partial charge on any atom is 0.222 e. The van der Waals surface area contributed by atoms with Crippen LogP contribution in [0, 0.1) is 0 Å². The van der Waals surface area contributed by atoms with Gasteiger partial charge in [0.05, 0.1) is 6.61 Å². The topological polar surface area (TPSA) is 29.5 Å². The molecule has 0 aliphatic rings. The molecule has 0 saturated heterocycles. The van der Waals surface area contributed by atoms with Gasteiger partial charge in [-0.15, -0.1) is 0 Å². The van der Waals surface area contributed by atoms with Crippen LogP contribution in [0.15, 0.2) is 0 Å². The van der Waals surface area contributed by atoms with Crippen LogP contribution in [-0.2, 0) is 9.53 Å². The van der Waals surface area contributed by atoms with E-state index in [1.807, 2.05) is 4.90 Å². The lowest BCUT2D eigenvalue weighted by molar-refractivity contribution is -0.134. The Morgan fingerprint density at radius 3 is 2.41 bits per heavy atom. The van der Waals surface area contributed by atoms with Crippen LogP contribution in [0.4, 0.5) is 0 Å². The number of halogens is 1. The van der Waals surface area contributed by atoms with E-state index in [1.54, 1.807) is 7.11 Å². The Morgan fingerprint density at radius 1 is 1.29 bits per heavy atom. The molecule has 0 aliphatic heterocycles. The summed E-state index contributed by atoms with van der Waals surface area (Å²) in [5.41, 5.74) is 0. The van der Waals surface area contributed by atoms with Crippen LogP contribution in [0.3, 0.4) is 0 Å². The second-order valence-electron chi connectivity index (χ2n) is 4.20. The predicted molar refractivity (Wildman–Crippen MR) is 75.6 cm³/mol. The van der Waals surface area contributed by atoms with Gasteiger partial charge in [-0.1, -0.05) is 29.8 Å². The molecule has 0 N–H and O–H groups in total. The minimum absolute atomic E-state index is 0.275. The van der Waals surface area contributed by atoms with Gasteiger partial charge in [-0.25, -0.2) is 0 Å². The molecule has 1 amide bonds.